The summed E-state index contributed by atoms with van der Waals surface area (Å²) in [6.07, 6.45) is 2.05. The van der Waals surface area contributed by atoms with Crippen LogP contribution >= 0.6 is 12.4 Å². The molecular formula is C14H20ClF2N3O3. The second-order valence-corrected chi connectivity index (χ2v) is 5.29. The number of nitro groups is 1. The third-order valence-electron chi connectivity index (χ3n) is 3.78. The van der Waals surface area contributed by atoms with Crippen molar-refractivity contribution in [2.24, 2.45) is 0 Å². The smallest absolute Gasteiger partial charge is 0.387 e. The van der Waals surface area contributed by atoms with Gasteiger partial charge in [0.2, 0.25) is 0 Å². The first kappa shape index (κ1) is 19.5. The fraction of sp³-hybridized carbons (Fsp3) is 0.571. The van der Waals surface area contributed by atoms with Crippen molar-refractivity contribution >= 4 is 18.1 Å². The molecule has 0 radical (unpaired) electrons. The lowest BCUT2D eigenvalue weighted by atomic mass is 10.0. The molecule has 0 saturated carbocycles. The van der Waals surface area contributed by atoms with Crippen LogP contribution in [-0.4, -0.2) is 42.6 Å². The average molecular weight is 352 g/mol. The molecule has 1 heterocycles. The largest absolute Gasteiger partial charge is 0.434 e. The number of benzene rings is 1. The van der Waals surface area contributed by atoms with Gasteiger partial charge in [0.1, 0.15) is 5.75 Å². The van der Waals surface area contributed by atoms with E-state index in [1.165, 1.54) is 18.2 Å². The number of non-ortho nitro benzene ring substituents is 1. The Bertz CT molecular complexity index is 534. The number of nitrogens with zero attached hydrogens (tertiary/aromatic N) is 2. The first-order valence-corrected chi connectivity index (χ1v) is 7.11. The Morgan fingerprint density at radius 3 is 2.87 bits per heavy atom. The van der Waals surface area contributed by atoms with Crippen molar-refractivity contribution in [3.63, 3.8) is 0 Å². The van der Waals surface area contributed by atoms with E-state index in [0.717, 1.165) is 25.9 Å². The van der Waals surface area contributed by atoms with Gasteiger partial charge in [-0.3, -0.25) is 15.0 Å². The van der Waals surface area contributed by atoms with Gasteiger partial charge in [-0.05, 0) is 32.5 Å². The third-order valence-corrected chi connectivity index (χ3v) is 3.78. The van der Waals surface area contributed by atoms with Crippen molar-refractivity contribution in [3.05, 3.63) is 33.9 Å². The van der Waals surface area contributed by atoms with Crippen molar-refractivity contribution < 1.29 is 18.4 Å². The van der Waals surface area contributed by atoms with E-state index in [-0.39, 0.29) is 23.8 Å². The molecule has 1 unspecified atom stereocenters. The monoisotopic (exact) mass is 351 g/mol. The van der Waals surface area contributed by atoms with Gasteiger partial charge in [0.05, 0.1) is 4.92 Å². The van der Waals surface area contributed by atoms with Crippen LogP contribution in [-0.2, 0) is 6.54 Å². The van der Waals surface area contributed by atoms with Gasteiger partial charge in [0.25, 0.3) is 5.69 Å². The Morgan fingerprint density at radius 1 is 1.52 bits per heavy atom. The number of likely N-dealkylation sites (tertiary alicyclic amines) is 1. The molecule has 1 atom stereocenters. The average Bonchev–Trinajstić information content (AvgIpc) is 2.48. The Labute approximate surface area is 139 Å². The summed E-state index contributed by atoms with van der Waals surface area (Å²) in [4.78, 5) is 12.4. The van der Waals surface area contributed by atoms with E-state index in [9.17, 15) is 18.9 Å². The van der Waals surface area contributed by atoms with E-state index in [4.69, 9.17) is 0 Å². The van der Waals surface area contributed by atoms with Crippen LogP contribution in [0.2, 0.25) is 0 Å². The zero-order valence-corrected chi connectivity index (χ0v) is 13.5. The molecule has 1 aliphatic heterocycles. The van der Waals surface area contributed by atoms with Crippen molar-refractivity contribution in [1.29, 1.82) is 0 Å². The van der Waals surface area contributed by atoms with Gasteiger partial charge < -0.3 is 10.1 Å². The molecule has 1 fully saturated rings. The number of halogens is 3. The normalized spacial score (nSPS) is 18.5. The lowest BCUT2D eigenvalue weighted by molar-refractivity contribution is -0.385. The summed E-state index contributed by atoms with van der Waals surface area (Å²) in [5.74, 6) is -0.00724. The maximum absolute atomic E-state index is 12.5. The molecule has 1 aliphatic rings. The van der Waals surface area contributed by atoms with Crippen molar-refractivity contribution in [1.82, 2.24) is 10.2 Å². The molecule has 1 aromatic carbocycles. The zero-order valence-electron chi connectivity index (χ0n) is 12.7. The molecule has 0 amide bonds. The predicted octanol–water partition coefficient (Wildman–Crippen LogP) is 2.80. The molecule has 0 spiro atoms. The predicted molar refractivity (Wildman–Crippen MR) is 84.3 cm³/mol. The molecule has 0 aliphatic carbocycles. The maximum Gasteiger partial charge on any atom is 0.387 e. The minimum atomic E-state index is -2.95. The molecule has 1 aromatic rings. The number of ether oxygens (including phenoxy) is 1. The highest BCUT2D eigenvalue weighted by atomic mass is 35.5. The van der Waals surface area contributed by atoms with Crippen LogP contribution in [0.25, 0.3) is 0 Å². The van der Waals surface area contributed by atoms with Crippen LogP contribution in [0.15, 0.2) is 18.2 Å². The van der Waals surface area contributed by atoms with Gasteiger partial charge in [-0.1, -0.05) is 0 Å². The first-order chi connectivity index (χ1) is 10.5. The van der Waals surface area contributed by atoms with Gasteiger partial charge in [-0.2, -0.15) is 8.78 Å². The van der Waals surface area contributed by atoms with Crippen molar-refractivity contribution in [2.75, 3.05) is 20.1 Å². The molecule has 9 heteroatoms. The second kappa shape index (κ2) is 8.95. The second-order valence-electron chi connectivity index (χ2n) is 5.29. The first-order valence-electron chi connectivity index (χ1n) is 7.11. The highest BCUT2D eigenvalue weighted by Gasteiger charge is 2.21. The number of rotatable bonds is 6. The van der Waals surface area contributed by atoms with Crippen LogP contribution in [0.5, 0.6) is 5.75 Å². The van der Waals surface area contributed by atoms with E-state index >= 15 is 0 Å². The molecule has 0 aromatic heterocycles. The fourth-order valence-electron chi connectivity index (χ4n) is 2.69. The molecule has 2 rings (SSSR count). The lowest BCUT2D eigenvalue weighted by Gasteiger charge is -2.32. The molecule has 23 heavy (non-hydrogen) atoms. The summed E-state index contributed by atoms with van der Waals surface area (Å²) in [5, 5.41) is 14.1. The minimum Gasteiger partial charge on any atom is -0.434 e. The zero-order chi connectivity index (χ0) is 16.1. The van der Waals surface area contributed by atoms with Gasteiger partial charge in [0.15, 0.2) is 0 Å². The number of hydrogen-bond acceptors (Lipinski definition) is 5. The van der Waals surface area contributed by atoms with Crippen molar-refractivity contribution in [3.8, 4) is 5.75 Å². The Kier molecular flexibility index (Phi) is 7.60. The molecular weight excluding hydrogens is 332 g/mol. The van der Waals surface area contributed by atoms with E-state index in [0.29, 0.717) is 18.2 Å². The summed E-state index contributed by atoms with van der Waals surface area (Å²) in [7, 11) is 1.88. The van der Waals surface area contributed by atoms with E-state index in [1.807, 2.05) is 7.05 Å². The molecule has 1 N–H and O–H groups in total. The Morgan fingerprint density at radius 2 is 2.26 bits per heavy atom. The summed E-state index contributed by atoms with van der Waals surface area (Å²) in [6, 6.07) is 4.06. The Hall–Kier alpha value is -1.51. The number of alkyl halides is 2. The van der Waals surface area contributed by atoms with Crippen LogP contribution in [0.3, 0.4) is 0 Å². The summed E-state index contributed by atoms with van der Waals surface area (Å²) >= 11 is 0. The van der Waals surface area contributed by atoms with Gasteiger partial charge >= 0.3 is 6.61 Å². The third kappa shape index (κ3) is 5.56. The summed E-state index contributed by atoms with van der Waals surface area (Å²) in [6.45, 7) is -1.00. The van der Waals surface area contributed by atoms with Crippen LogP contribution < -0.4 is 10.1 Å². The van der Waals surface area contributed by atoms with Crippen LogP contribution in [0.1, 0.15) is 18.4 Å². The van der Waals surface area contributed by atoms with Gasteiger partial charge in [0, 0.05) is 36.8 Å². The molecule has 0 bridgehead atoms. The topological polar surface area (TPSA) is 67.6 Å². The summed E-state index contributed by atoms with van der Waals surface area (Å²) < 4.78 is 29.4. The lowest BCUT2D eigenvalue weighted by Crippen LogP contribution is -2.43. The number of nitro benzene ring substituents is 1. The number of likely N-dealkylation sites (N-methyl/N-ethyl adjacent to an activating group) is 1. The Balaban J connectivity index is 0.00000264. The highest BCUT2D eigenvalue weighted by Crippen LogP contribution is 2.27. The van der Waals surface area contributed by atoms with E-state index < -0.39 is 11.5 Å². The molecule has 130 valence electrons. The van der Waals surface area contributed by atoms with Gasteiger partial charge in [-0.25, -0.2) is 0 Å². The van der Waals surface area contributed by atoms with E-state index in [1.54, 1.807) is 0 Å². The van der Waals surface area contributed by atoms with Crippen molar-refractivity contribution in [2.45, 2.75) is 32.0 Å². The quantitative estimate of drug-likeness (QED) is 0.630. The SMILES string of the molecule is CNC1CCCN(Cc2cc([N+](=O)[O-])ccc2OC(F)F)C1.Cl. The highest BCUT2D eigenvalue weighted by molar-refractivity contribution is 5.85. The standard InChI is InChI=1S/C14H19F2N3O3.ClH/c1-17-11-3-2-6-18(9-11)8-10-7-12(19(20)21)4-5-13(10)22-14(15)16;/h4-5,7,11,14,17H,2-3,6,8-9H2,1H3;1H. The number of piperidine rings is 1. The van der Waals surface area contributed by atoms with E-state index in [2.05, 4.69) is 15.0 Å². The van der Waals surface area contributed by atoms with Crippen LogP contribution in [0.4, 0.5) is 14.5 Å². The van der Waals surface area contributed by atoms with Crippen LogP contribution in [0, 0.1) is 10.1 Å². The number of hydrogen-bond donors (Lipinski definition) is 1. The molecule has 1 saturated heterocycles. The molecule has 6 nitrogen and oxygen atoms in total. The number of nitrogens with one attached hydrogen (secondary N) is 1. The fourth-order valence-corrected chi connectivity index (χ4v) is 2.69. The maximum atomic E-state index is 12.5. The summed E-state index contributed by atoms with van der Waals surface area (Å²) in [5.41, 5.74) is 0.282. The van der Waals surface area contributed by atoms with Gasteiger partial charge in [-0.15, -0.1) is 12.4 Å². The minimum absolute atomic E-state index is 0.